The topological polar surface area (TPSA) is 146 Å². The second-order valence-electron chi connectivity index (χ2n) is 5.60. The van der Waals surface area contributed by atoms with E-state index in [1.165, 1.54) is 42.5 Å². The summed E-state index contributed by atoms with van der Waals surface area (Å²) in [5.41, 5.74) is 4.58. The number of amides is 1. The molecule has 0 radical (unpaired) electrons. The van der Waals surface area contributed by atoms with Gasteiger partial charge in [0.25, 0.3) is 11.5 Å². The normalized spacial score (nSPS) is 11.2. The van der Waals surface area contributed by atoms with Crippen molar-refractivity contribution in [2.75, 3.05) is 5.43 Å². The molecule has 28 heavy (non-hydrogen) atoms. The Morgan fingerprint density at radius 1 is 1.21 bits per heavy atom. The van der Waals surface area contributed by atoms with E-state index < -0.39 is 21.5 Å². The summed E-state index contributed by atoms with van der Waals surface area (Å²) in [6.45, 7) is 1.66. The van der Waals surface area contributed by atoms with Crippen molar-refractivity contribution in [2.24, 2.45) is 0 Å². The third-order valence-electron chi connectivity index (χ3n) is 3.58. The highest BCUT2D eigenvalue weighted by Crippen LogP contribution is 2.14. The average Bonchev–Trinajstić information content (AvgIpc) is 3.21. The summed E-state index contributed by atoms with van der Waals surface area (Å²) in [6, 6.07) is 9.21. The predicted molar refractivity (Wildman–Crippen MR) is 103 cm³/mol. The van der Waals surface area contributed by atoms with Gasteiger partial charge in [-0.2, -0.15) is 0 Å². The minimum Gasteiger partial charge on any atom is -0.288 e. The Morgan fingerprint density at radius 2 is 2.04 bits per heavy atom. The summed E-state index contributed by atoms with van der Waals surface area (Å²) >= 11 is 1.44. The number of hydrogen-bond donors (Lipinski definition) is 4. The van der Waals surface area contributed by atoms with Gasteiger partial charge >= 0.3 is 0 Å². The second kappa shape index (κ2) is 8.29. The van der Waals surface area contributed by atoms with E-state index in [0.29, 0.717) is 0 Å². The van der Waals surface area contributed by atoms with E-state index in [2.05, 4.69) is 30.8 Å². The highest BCUT2D eigenvalue weighted by molar-refractivity contribution is 7.89. The van der Waals surface area contributed by atoms with Crippen LogP contribution in [0.3, 0.4) is 0 Å². The maximum Gasteiger partial charge on any atom is 0.274 e. The van der Waals surface area contributed by atoms with Crippen LogP contribution in [0, 0.1) is 6.92 Å². The fourth-order valence-electron chi connectivity index (χ4n) is 2.10. The van der Waals surface area contributed by atoms with Gasteiger partial charge in [-0.3, -0.25) is 25.4 Å². The molecule has 0 aliphatic rings. The van der Waals surface area contributed by atoms with Crippen LogP contribution < -0.4 is 21.1 Å². The van der Waals surface area contributed by atoms with Gasteiger partial charge in [0.15, 0.2) is 0 Å². The first-order chi connectivity index (χ1) is 13.3. The quantitative estimate of drug-likeness (QED) is 0.413. The third kappa shape index (κ3) is 4.79. The number of nitrogens with one attached hydrogen (secondary N) is 4. The second-order valence-corrected chi connectivity index (χ2v) is 8.40. The van der Waals surface area contributed by atoms with E-state index in [-0.39, 0.29) is 28.6 Å². The van der Waals surface area contributed by atoms with Crippen molar-refractivity contribution < 1.29 is 13.2 Å². The third-order valence-corrected chi connectivity index (χ3v) is 5.85. The molecule has 146 valence electrons. The zero-order valence-electron chi connectivity index (χ0n) is 14.6. The van der Waals surface area contributed by atoms with Crippen molar-refractivity contribution in [3.8, 4) is 0 Å². The Kier molecular flexibility index (Phi) is 5.82. The van der Waals surface area contributed by atoms with Gasteiger partial charge in [-0.25, -0.2) is 13.1 Å². The molecule has 0 fully saturated rings. The van der Waals surface area contributed by atoms with Crippen LogP contribution in [0.15, 0.2) is 51.5 Å². The van der Waals surface area contributed by atoms with Crippen LogP contribution in [0.5, 0.6) is 0 Å². The molecule has 0 saturated heterocycles. The fraction of sp³-hybridized carbons (Fsp3) is 0.125. The number of rotatable bonds is 7. The molecule has 0 unspecified atom stereocenters. The molecule has 0 saturated carbocycles. The number of aromatic amines is 1. The standard InChI is InChI=1S/C16H16N6O4S2/c1-10-14(23)18-16(21-19-10)22-20-15(24)11-4-2-6-13(8-11)28(25,26)17-9-12-5-3-7-27-12/h2-8,17H,9H2,1H3,(H,20,24)(H2,18,21,22,23). The Bertz CT molecular complexity index is 1140. The fourth-order valence-corrected chi connectivity index (χ4v) is 3.89. The monoisotopic (exact) mass is 420 g/mol. The lowest BCUT2D eigenvalue weighted by molar-refractivity contribution is 0.0962. The molecule has 0 aliphatic carbocycles. The Labute approximate surface area is 164 Å². The number of carbonyl (C=O) groups is 1. The Hall–Kier alpha value is -3.09. The summed E-state index contributed by atoms with van der Waals surface area (Å²) in [5.74, 6) is -0.663. The van der Waals surface area contributed by atoms with Crippen LogP contribution in [-0.2, 0) is 16.6 Å². The molecule has 2 aromatic heterocycles. The number of aromatic nitrogens is 3. The van der Waals surface area contributed by atoms with Crippen molar-refractivity contribution in [3.63, 3.8) is 0 Å². The SMILES string of the molecule is Cc1nnc(NNC(=O)c2cccc(S(=O)(=O)NCc3cccs3)c2)[nH]c1=O. The van der Waals surface area contributed by atoms with Crippen molar-refractivity contribution in [1.82, 2.24) is 25.3 Å². The first-order valence-electron chi connectivity index (χ1n) is 7.97. The summed E-state index contributed by atoms with van der Waals surface area (Å²) in [6.07, 6.45) is 0. The van der Waals surface area contributed by atoms with E-state index >= 15 is 0 Å². The van der Waals surface area contributed by atoms with Crippen molar-refractivity contribution in [1.29, 1.82) is 0 Å². The average molecular weight is 420 g/mol. The lowest BCUT2D eigenvalue weighted by atomic mass is 10.2. The number of hydrazine groups is 1. The number of hydrogen-bond acceptors (Lipinski definition) is 8. The number of aryl methyl sites for hydroxylation is 1. The van der Waals surface area contributed by atoms with Gasteiger partial charge in [-0.1, -0.05) is 12.1 Å². The smallest absolute Gasteiger partial charge is 0.274 e. The van der Waals surface area contributed by atoms with Crippen molar-refractivity contribution in [2.45, 2.75) is 18.4 Å². The van der Waals surface area contributed by atoms with Crippen molar-refractivity contribution in [3.05, 3.63) is 68.3 Å². The number of anilines is 1. The lowest BCUT2D eigenvalue weighted by Crippen LogP contribution is -2.32. The zero-order chi connectivity index (χ0) is 20.1. The van der Waals surface area contributed by atoms with Gasteiger partial charge in [0.2, 0.25) is 16.0 Å². The summed E-state index contributed by atoms with van der Waals surface area (Å²) in [4.78, 5) is 27.0. The Balaban J connectivity index is 1.68. The van der Waals surface area contributed by atoms with Gasteiger partial charge in [-0.15, -0.1) is 21.5 Å². The van der Waals surface area contributed by atoms with Gasteiger partial charge in [-0.05, 0) is 36.6 Å². The summed E-state index contributed by atoms with van der Waals surface area (Å²) in [7, 11) is -3.78. The summed E-state index contributed by atoms with van der Waals surface area (Å²) in [5, 5.41) is 9.15. The first-order valence-corrected chi connectivity index (χ1v) is 10.3. The van der Waals surface area contributed by atoms with Gasteiger partial charge in [0, 0.05) is 17.0 Å². The molecule has 3 aromatic rings. The number of nitrogens with zero attached hydrogens (tertiary/aromatic N) is 2. The molecule has 2 heterocycles. The van der Waals surface area contributed by atoms with Gasteiger partial charge in [0.05, 0.1) is 4.90 Å². The maximum atomic E-state index is 12.4. The minimum absolute atomic E-state index is 0.0414. The number of benzene rings is 1. The molecule has 12 heteroatoms. The zero-order valence-corrected chi connectivity index (χ0v) is 16.2. The van der Waals surface area contributed by atoms with Crippen LogP contribution >= 0.6 is 11.3 Å². The molecule has 10 nitrogen and oxygen atoms in total. The van der Waals surface area contributed by atoms with E-state index in [0.717, 1.165) is 4.88 Å². The Morgan fingerprint density at radius 3 is 2.75 bits per heavy atom. The maximum absolute atomic E-state index is 12.4. The molecule has 0 aliphatic heterocycles. The molecule has 0 spiro atoms. The molecule has 0 atom stereocenters. The number of carbonyl (C=O) groups excluding carboxylic acids is 1. The van der Waals surface area contributed by atoms with Crippen molar-refractivity contribution >= 4 is 33.2 Å². The number of thiophene rings is 1. The van der Waals surface area contributed by atoms with Gasteiger partial charge in [0.1, 0.15) is 5.69 Å². The molecule has 3 rings (SSSR count). The molecule has 1 amide bonds. The molecule has 0 bridgehead atoms. The van der Waals surface area contributed by atoms with E-state index in [4.69, 9.17) is 0 Å². The molecule has 1 aromatic carbocycles. The number of sulfonamides is 1. The van der Waals surface area contributed by atoms with Gasteiger partial charge < -0.3 is 0 Å². The van der Waals surface area contributed by atoms with E-state index in [1.54, 1.807) is 0 Å². The van der Waals surface area contributed by atoms with E-state index in [9.17, 15) is 18.0 Å². The molecule has 4 N–H and O–H groups in total. The van der Waals surface area contributed by atoms with Crippen LogP contribution in [0.1, 0.15) is 20.9 Å². The van der Waals surface area contributed by atoms with Crippen LogP contribution in [0.25, 0.3) is 0 Å². The largest absolute Gasteiger partial charge is 0.288 e. The highest BCUT2D eigenvalue weighted by Gasteiger charge is 2.16. The molecular weight excluding hydrogens is 404 g/mol. The summed E-state index contributed by atoms with van der Waals surface area (Å²) < 4.78 is 27.4. The van der Waals surface area contributed by atoms with Crippen LogP contribution in [0.2, 0.25) is 0 Å². The minimum atomic E-state index is -3.78. The first kappa shape index (κ1) is 19.7. The molecular formula is C16H16N6O4S2. The van der Waals surface area contributed by atoms with Crippen LogP contribution in [0.4, 0.5) is 5.95 Å². The van der Waals surface area contributed by atoms with E-state index in [1.807, 2.05) is 17.5 Å². The lowest BCUT2D eigenvalue weighted by Gasteiger charge is -2.09. The van der Waals surface area contributed by atoms with Crippen LogP contribution in [-0.4, -0.2) is 29.5 Å². The predicted octanol–water partition coefficient (Wildman–Crippen LogP) is 0.770. The highest BCUT2D eigenvalue weighted by atomic mass is 32.2. The number of H-pyrrole nitrogens is 1.